The predicted molar refractivity (Wildman–Crippen MR) is 122 cm³/mol. The van der Waals surface area contributed by atoms with Gasteiger partial charge in [0, 0.05) is 23.2 Å². The van der Waals surface area contributed by atoms with Gasteiger partial charge in [0.2, 0.25) is 0 Å². The number of thioether (sulfide) groups is 1. The van der Waals surface area contributed by atoms with Crippen molar-refractivity contribution >= 4 is 27.9 Å². The Bertz CT molecular complexity index is 884. The zero-order valence-corrected chi connectivity index (χ0v) is 18.9. The maximum absolute atomic E-state index is 12.0. The van der Waals surface area contributed by atoms with Crippen LogP contribution in [0.15, 0.2) is 32.4 Å². The Balaban J connectivity index is 2.15. The summed E-state index contributed by atoms with van der Waals surface area (Å²) in [7, 11) is 0. The lowest BCUT2D eigenvalue weighted by Crippen LogP contribution is -2.12. The highest BCUT2D eigenvalue weighted by molar-refractivity contribution is 8.13. The fraction of sp³-hybridized carbons (Fsp3) is 0.565. The molecule has 1 aromatic heterocycles. The summed E-state index contributed by atoms with van der Waals surface area (Å²) in [6.07, 6.45) is 3.44. The highest BCUT2D eigenvalue weighted by Crippen LogP contribution is 2.28. The number of fused-ring (bicyclic) bond motifs is 1. The van der Waals surface area contributed by atoms with Crippen molar-refractivity contribution in [3.63, 3.8) is 0 Å². The average Bonchev–Trinajstić information content (AvgIpc) is 2.58. The smallest absolute Gasteiger partial charge is 0.336 e. The van der Waals surface area contributed by atoms with Gasteiger partial charge in [-0.1, -0.05) is 52.3 Å². The van der Waals surface area contributed by atoms with Gasteiger partial charge >= 0.3 is 5.63 Å². The molecule has 0 aliphatic carbocycles. The number of hydrogen-bond donors (Lipinski definition) is 1. The fourth-order valence-corrected chi connectivity index (χ4v) is 4.22. The number of nitrogens with two attached hydrogens (primary N) is 1. The normalized spacial score (nSPS) is 13.6. The average molecular weight is 403 g/mol. The minimum Gasteiger partial charge on any atom is -0.423 e. The molecule has 4 nitrogen and oxygen atoms in total. The van der Waals surface area contributed by atoms with E-state index in [2.05, 4.69) is 52.6 Å². The van der Waals surface area contributed by atoms with Gasteiger partial charge in [0.15, 0.2) is 5.17 Å². The first-order valence-electron chi connectivity index (χ1n) is 10.2. The number of hydrogen-bond acceptors (Lipinski definition) is 4. The topological polar surface area (TPSA) is 68.6 Å². The van der Waals surface area contributed by atoms with E-state index in [-0.39, 0.29) is 11.7 Å². The molecule has 0 unspecified atom stereocenters. The van der Waals surface area contributed by atoms with Crippen LogP contribution >= 0.6 is 11.8 Å². The summed E-state index contributed by atoms with van der Waals surface area (Å²) < 4.78 is 5.43. The molecule has 28 heavy (non-hydrogen) atoms. The van der Waals surface area contributed by atoms with Crippen LogP contribution in [0.4, 0.5) is 0 Å². The summed E-state index contributed by atoms with van der Waals surface area (Å²) >= 11 is 1.49. The standard InChI is InChI=1S/C23H34N2O2S/c1-14(2)8-7-9-17(6)25-23(24)28-13-18-11-22(26)27-21-10-16(5)19(15(3)4)12-20(18)21/h10-12,14-15,17H,7-9,13H2,1-6H3,(H2,24,25)/t17-/m1/s1. The van der Waals surface area contributed by atoms with Crippen LogP contribution in [-0.4, -0.2) is 11.2 Å². The summed E-state index contributed by atoms with van der Waals surface area (Å²) in [4.78, 5) is 16.6. The van der Waals surface area contributed by atoms with Gasteiger partial charge in [0.05, 0.1) is 0 Å². The van der Waals surface area contributed by atoms with E-state index < -0.39 is 0 Å². The van der Waals surface area contributed by atoms with Crippen molar-refractivity contribution in [2.75, 3.05) is 0 Å². The summed E-state index contributed by atoms with van der Waals surface area (Å²) in [5.74, 6) is 1.74. The third kappa shape index (κ3) is 6.40. The molecule has 1 atom stereocenters. The van der Waals surface area contributed by atoms with E-state index >= 15 is 0 Å². The molecule has 5 heteroatoms. The predicted octanol–water partition coefficient (Wildman–Crippen LogP) is 5.99. The second-order valence-corrected chi connectivity index (χ2v) is 9.38. The molecule has 1 heterocycles. The van der Waals surface area contributed by atoms with Crippen LogP contribution in [0, 0.1) is 12.8 Å². The first-order valence-corrected chi connectivity index (χ1v) is 11.2. The van der Waals surface area contributed by atoms with Crippen molar-refractivity contribution in [3.05, 3.63) is 45.3 Å². The van der Waals surface area contributed by atoms with E-state index in [1.807, 2.05) is 6.07 Å². The Hall–Kier alpha value is -1.75. The van der Waals surface area contributed by atoms with Gasteiger partial charge in [0.1, 0.15) is 5.58 Å². The van der Waals surface area contributed by atoms with E-state index in [0.29, 0.717) is 22.4 Å². The summed E-state index contributed by atoms with van der Waals surface area (Å²) in [6.45, 7) is 13.0. The molecule has 1 aromatic carbocycles. The van der Waals surface area contributed by atoms with Crippen LogP contribution in [0.3, 0.4) is 0 Å². The van der Waals surface area contributed by atoms with Gasteiger partial charge in [-0.05, 0) is 60.9 Å². The Morgan fingerprint density at radius 2 is 1.86 bits per heavy atom. The number of benzene rings is 1. The largest absolute Gasteiger partial charge is 0.423 e. The highest BCUT2D eigenvalue weighted by Gasteiger charge is 2.12. The number of nitrogens with zero attached hydrogens (tertiary/aromatic N) is 1. The molecule has 0 saturated heterocycles. The van der Waals surface area contributed by atoms with Crippen LogP contribution < -0.4 is 11.4 Å². The van der Waals surface area contributed by atoms with Crippen LogP contribution in [0.5, 0.6) is 0 Å². The zero-order chi connectivity index (χ0) is 20.8. The quantitative estimate of drug-likeness (QED) is 0.335. The molecule has 0 spiro atoms. The summed E-state index contributed by atoms with van der Waals surface area (Å²) in [5.41, 5.74) is 9.83. The molecule has 2 N–H and O–H groups in total. The first-order chi connectivity index (χ1) is 13.2. The molecule has 0 bridgehead atoms. The maximum Gasteiger partial charge on any atom is 0.336 e. The van der Waals surface area contributed by atoms with Gasteiger partial charge in [0.25, 0.3) is 0 Å². The lowest BCUT2D eigenvalue weighted by molar-refractivity contribution is 0.512. The van der Waals surface area contributed by atoms with Gasteiger partial charge in [-0.2, -0.15) is 0 Å². The minimum absolute atomic E-state index is 0.221. The zero-order valence-electron chi connectivity index (χ0n) is 18.0. The SMILES string of the molecule is Cc1cc2oc(=O)cc(CSC(N)=N[C@H](C)CCCC(C)C)c2cc1C(C)C. The molecule has 0 radical (unpaired) electrons. The van der Waals surface area contributed by atoms with Crippen LogP contribution in [0.25, 0.3) is 11.0 Å². The van der Waals surface area contributed by atoms with E-state index in [1.54, 1.807) is 6.07 Å². The Morgan fingerprint density at radius 3 is 2.50 bits per heavy atom. The van der Waals surface area contributed by atoms with Gasteiger partial charge in [-0.3, -0.25) is 4.99 Å². The van der Waals surface area contributed by atoms with Crippen LogP contribution in [-0.2, 0) is 5.75 Å². The number of rotatable bonds is 8. The second-order valence-electron chi connectivity index (χ2n) is 8.38. The molecular weight excluding hydrogens is 368 g/mol. The molecule has 2 rings (SSSR count). The molecule has 0 aliphatic rings. The fourth-order valence-electron chi connectivity index (χ4n) is 3.43. The summed E-state index contributed by atoms with van der Waals surface area (Å²) in [6, 6.07) is 5.91. The van der Waals surface area contributed by atoms with Crippen molar-refractivity contribution < 1.29 is 4.42 Å². The Kier molecular flexibility index (Phi) is 8.17. The molecule has 0 saturated carbocycles. The lowest BCUT2D eigenvalue weighted by Gasteiger charge is -2.13. The van der Waals surface area contributed by atoms with E-state index in [4.69, 9.17) is 10.2 Å². The third-order valence-electron chi connectivity index (χ3n) is 4.97. The lowest BCUT2D eigenvalue weighted by atomic mass is 9.95. The van der Waals surface area contributed by atoms with Gasteiger partial charge < -0.3 is 10.2 Å². The molecule has 154 valence electrons. The van der Waals surface area contributed by atoms with Crippen molar-refractivity contribution in [1.82, 2.24) is 0 Å². The van der Waals surface area contributed by atoms with Gasteiger partial charge in [-0.15, -0.1) is 0 Å². The van der Waals surface area contributed by atoms with E-state index in [9.17, 15) is 4.79 Å². The van der Waals surface area contributed by atoms with Crippen molar-refractivity contribution in [2.24, 2.45) is 16.6 Å². The van der Waals surface area contributed by atoms with Crippen LogP contribution in [0.2, 0.25) is 0 Å². The molecule has 2 aromatic rings. The molecule has 0 amide bonds. The third-order valence-corrected chi connectivity index (χ3v) is 5.82. The van der Waals surface area contributed by atoms with Crippen molar-refractivity contribution in [2.45, 2.75) is 78.5 Å². The number of amidine groups is 1. The molecular formula is C23H34N2O2S. The Morgan fingerprint density at radius 1 is 1.14 bits per heavy atom. The number of aliphatic imine (C=N–C) groups is 1. The minimum atomic E-state index is -0.322. The van der Waals surface area contributed by atoms with E-state index in [0.717, 1.165) is 28.9 Å². The maximum atomic E-state index is 12.0. The molecule has 0 aliphatic heterocycles. The van der Waals surface area contributed by atoms with Crippen LogP contribution in [0.1, 0.15) is 76.5 Å². The number of aryl methyl sites for hydroxylation is 1. The van der Waals surface area contributed by atoms with Crippen molar-refractivity contribution in [3.8, 4) is 0 Å². The first kappa shape index (κ1) is 22.5. The highest BCUT2D eigenvalue weighted by atomic mass is 32.2. The summed E-state index contributed by atoms with van der Waals surface area (Å²) in [5, 5.41) is 1.56. The van der Waals surface area contributed by atoms with E-state index in [1.165, 1.54) is 30.2 Å². The van der Waals surface area contributed by atoms with Gasteiger partial charge in [-0.25, -0.2) is 4.79 Å². The Labute approximate surface area is 173 Å². The second kappa shape index (κ2) is 10.1. The monoisotopic (exact) mass is 402 g/mol. The molecule has 0 fully saturated rings. The van der Waals surface area contributed by atoms with Crippen molar-refractivity contribution in [1.29, 1.82) is 0 Å².